The number of hydrogen-bond donors (Lipinski definition) is 3. The molecule has 6 heteroatoms. The molecule has 0 aliphatic carbocycles. The molecule has 0 aromatic carbocycles. The Hall–Kier alpha value is -1.50. The van der Waals surface area contributed by atoms with Gasteiger partial charge in [0.15, 0.2) is 0 Å². The summed E-state index contributed by atoms with van der Waals surface area (Å²) < 4.78 is 5.25. The van der Waals surface area contributed by atoms with E-state index in [-0.39, 0.29) is 17.5 Å². The van der Waals surface area contributed by atoms with E-state index in [1.165, 1.54) is 44.9 Å². The SMILES string of the molecule is CC1(NCCCCCCCCCCC(N)CNC(=O)c2cccnc2)COC1. The second-order valence-corrected chi connectivity index (χ2v) is 8.31. The van der Waals surface area contributed by atoms with Crippen molar-refractivity contribution in [3.8, 4) is 0 Å². The molecule has 4 N–H and O–H groups in total. The summed E-state index contributed by atoms with van der Waals surface area (Å²) in [4.78, 5) is 15.9. The van der Waals surface area contributed by atoms with Crippen LogP contribution in [0.1, 0.15) is 75.1 Å². The quantitative estimate of drug-likeness (QED) is 0.401. The number of nitrogens with zero attached hydrogens (tertiary/aromatic N) is 1. The van der Waals surface area contributed by atoms with Crippen molar-refractivity contribution in [2.24, 2.45) is 5.73 Å². The van der Waals surface area contributed by atoms with Crippen LogP contribution in [0.2, 0.25) is 0 Å². The highest BCUT2D eigenvalue weighted by atomic mass is 16.5. The first kappa shape index (κ1) is 22.8. The third-order valence-electron chi connectivity index (χ3n) is 5.34. The molecule has 158 valence electrons. The standard InChI is InChI=1S/C22H38N4O2/c1-22(17-28-18-22)26-14-9-7-5-3-2-4-6-8-12-20(23)16-25-21(27)19-11-10-13-24-15-19/h10-11,13,15,20,26H,2-9,12,14,16-18,23H2,1H3,(H,25,27). The minimum atomic E-state index is -0.103. The summed E-state index contributed by atoms with van der Waals surface area (Å²) in [5.74, 6) is -0.103. The fraction of sp³-hybridized carbons (Fsp3) is 0.727. The van der Waals surface area contributed by atoms with Crippen molar-refractivity contribution in [2.45, 2.75) is 76.3 Å². The fourth-order valence-corrected chi connectivity index (χ4v) is 3.42. The van der Waals surface area contributed by atoms with Crippen LogP contribution in [0.5, 0.6) is 0 Å². The molecule has 1 amide bonds. The molecule has 1 unspecified atom stereocenters. The third-order valence-corrected chi connectivity index (χ3v) is 5.34. The number of carbonyl (C=O) groups is 1. The van der Waals surface area contributed by atoms with E-state index in [2.05, 4.69) is 22.5 Å². The van der Waals surface area contributed by atoms with Crippen molar-refractivity contribution in [1.29, 1.82) is 0 Å². The van der Waals surface area contributed by atoms with Gasteiger partial charge in [0, 0.05) is 25.0 Å². The highest BCUT2D eigenvalue weighted by Crippen LogP contribution is 2.15. The maximum absolute atomic E-state index is 11.9. The van der Waals surface area contributed by atoms with Crippen LogP contribution < -0.4 is 16.4 Å². The molecule has 0 saturated carbocycles. The predicted octanol–water partition coefficient (Wildman–Crippen LogP) is 3.03. The van der Waals surface area contributed by atoms with Gasteiger partial charge in [0.25, 0.3) is 5.91 Å². The molecule has 28 heavy (non-hydrogen) atoms. The van der Waals surface area contributed by atoms with Gasteiger partial charge in [0.2, 0.25) is 0 Å². The predicted molar refractivity (Wildman–Crippen MR) is 113 cm³/mol. The molecule has 1 saturated heterocycles. The molecule has 6 nitrogen and oxygen atoms in total. The number of hydrogen-bond acceptors (Lipinski definition) is 5. The molecule has 2 rings (SSSR count). The van der Waals surface area contributed by atoms with Gasteiger partial charge in [0.05, 0.1) is 24.3 Å². The van der Waals surface area contributed by atoms with E-state index in [1.807, 2.05) is 0 Å². The zero-order valence-electron chi connectivity index (χ0n) is 17.4. The van der Waals surface area contributed by atoms with Crippen LogP contribution in [0.4, 0.5) is 0 Å². The van der Waals surface area contributed by atoms with Crippen LogP contribution in [0.15, 0.2) is 24.5 Å². The van der Waals surface area contributed by atoms with Crippen LogP contribution in [-0.2, 0) is 4.74 Å². The summed E-state index contributed by atoms with van der Waals surface area (Å²) in [6.45, 7) is 5.57. The molecule has 0 spiro atoms. The summed E-state index contributed by atoms with van der Waals surface area (Å²) in [6.07, 6.45) is 14.4. The third kappa shape index (κ3) is 9.13. The van der Waals surface area contributed by atoms with Gasteiger partial charge in [-0.05, 0) is 38.4 Å². The summed E-state index contributed by atoms with van der Waals surface area (Å²) in [5, 5.41) is 6.47. The van der Waals surface area contributed by atoms with Crippen molar-refractivity contribution >= 4 is 5.91 Å². The number of unbranched alkanes of at least 4 members (excludes halogenated alkanes) is 7. The normalized spacial score (nSPS) is 16.4. The van der Waals surface area contributed by atoms with Gasteiger partial charge in [-0.3, -0.25) is 9.78 Å². The fourth-order valence-electron chi connectivity index (χ4n) is 3.42. The van der Waals surface area contributed by atoms with Crippen molar-refractivity contribution in [3.05, 3.63) is 30.1 Å². The Labute approximate surface area is 170 Å². The zero-order valence-corrected chi connectivity index (χ0v) is 17.4. The molecule has 0 radical (unpaired) electrons. The van der Waals surface area contributed by atoms with Crippen molar-refractivity contribution in [2.75, 3.05) is 26.3 Å². The van der Waals surface area contributed by atoms with Crippen LogP contribution >= 0.6 is 0 Å². The van der Waals surface area contributed by atoms with Crippen molar-refractivity contribution in [1.82, 2.24) is 15.6 Å². The zero-order chi connectivity index (χ0) is 20.1. The van der Waals surface area contributed by atoms with E-state index in [4.69, 9.17) is 10.5 Å². The number of aromatic nitrogens is 1. The number of amides is 1. The van der Waals surface area contributed by atoms with Crippen LogP contribution in [0, 0.1) is 0 Å². The van der Waals surface area contributed by atoms with Gasteiger partial charge in [0.1, 0.15) is 0 Å². The molecular weight excluding hydrogens is 352 g/mol. The van der Waals surface area contributed by atoms with E-state index in [1.54, 1.807) is 24.5 Å². The van der Waals surface area contributed by atoms with Gasteiger partial charge in [-0.15, -0.1) is 0 Å². The molecule has 1 aromatic heterocycles. The number of pyridine rings is 1. The first-order valence-electron chi connectivity index (χ1n) is 10.9. The van der Waals surface area contributed by atoms with E-state index >= 15 is 0 Å². The Bertz CT molecular complexity index is 549. The molecule has 2 heterocycles. The lowest BCUT2D eigenvalue weighted by Gasteiger charge is -2.39. The van der Waals surface area contributed by atoms with E-state index in [9.17, 15) is 4.79 Å². The van der Waals surface area contributed by atoms with Gasteiger partial charge in [-0.1, -0.05) is 44.9 Å². The molecular formula is C22H38N4O2. The second kappa shape index (κ2) is 12.9. The van der Waals surface area contributed by atoms with Gasteiger partial charge < -0.3 is 21.1 Å². The Morgan fingerprint density at radius 3 is 2.46 bits per heavy atom. The topological polar surface area (TPSA) is 89.3 Å². The summed E-state index contributed by atoms with van der Waals surface area (Å²) in [7, 11) is 0. The minimum absolute atomic E-state index is 0.0241. The number of rotatable bonds is 15. The van der Waals surface area contributed by atoms with Gasteiger partial charge >= 0.3 is 0 Å². The molecule has 1 atom stereocenters. The number of carbonyl (C=O) groups excluding carboxylic acids is 1. The maximum Gasteiger partial charge on any atom is 0.252 e. The van der Waals surface area contributed by atoms with E-state index in [0.717, 1.165) is 32.6 Å². The monoisotopic (exact) mass is 390 g/mol. The van der Waals surface area contributed by atoms with Crippen molar-refractivity contribution < 1.29 is 9.53 Å². The smallest absolute Gasteiger partial charge is 0.252 e. The number of nitrogens with two attached hydrogens (primary N) is 1. The Morgan fingerprint density at radius 1 is 1.18 bits per heavy atom. The van der Waals surface area contributed by atoms with Gasteiger partial charge in [-0.2, -0.15) is 0 Å². The second-order valence-electron chi connectivity index (χ2n) is 8.31. The first-order valence-corrected chi connectivity index (χ1v) is 10.9. The molecule has 0 bridgehead atoms. The molecule has 1 fully saturated rings. The van der Waals surface area contributed by atoms with E-state index in [0.29, 0.717) is 12.1 Å². The average Bonchev–Trinajstić information content (AvgIpc) is 2.69. The Kier molecular flexibility index (Phi) is 10.5. The lowest BCUT2D eigenvalue weighted by Crippen LogP contribution is -2.58. The van der Waals surface area contributed by atoms with Crippen LogP contribution in [0.25, 0.3) is 0 Å². The largest absolute Gasteiger partial charge is 0.377 e. The van der Waals surface area contributed by atoms with Crippen LogP contribution in [-0.4, -0.2) is 48.8 Å². The summed E-state index contributed by atoms with van der Waals surface area (Å²) in [6, 6.07) is 3.54. The Balaban J connectivity index is 1.34. The average molecular weight is 391 g/mol. The van der Waals surface area contributed by atoms with Crippen molar-refractivity contribution in [3.63, 3.8) is 0 Å². The molecule has 1 aliphatic heterocycles. The summed E-state index contributed by atoms with van der Waals surface area (Å²) in [5.41, 5.74) is 6.93. The minimum Gasteiger partial charge on any atom is -0.377 e. The molecule has 1 aliphatic rings. The highest BCUT2D eigenvalue weighted by molar-refractivity contribution is 5.93. The Morgan fingerprint density at radius 2 is 1.86 bits per heavy atom. The lowest BCUT2D eigenvalue weighted by molar-refractivity contribution is -0.0639. The van der Waals surface area contributed by atoms with Gasteiger partial charge in [-0.25, -0.2) is 0 Å². The van der Waals surface area contributed by atoms with Crippen LogP contribution in [0.3, 0.4) is 0 Å². The van der Waals surface area contributed by atoms with E-state index < -0.39 is 0 Å². The lowest BCUT2D eigenvalue weighted by atomic mass is 10.0. The highest BCUT2D eigenvalue weighted by Gasteiger charge is 2.31. The number of nitrogens with one attached hydrogen (secondary N) is 2. The molecule has 1 aromatic rings. The number of ether oxygens (including phenoxy) is 1. The maximum atomic E-state index is 11.9. The first-order chi connectivity index (χ1) is 13.6. The summed E-state index contributed by atoms with van der Waals surface area (Å²) >= 11 is 0.